The number of benzene rings is 1. The molecule has 0 unspecified atom stereocenters. The van der Waals surface area contributed by atoms with Crippen molar-refractivity contribution in [2.24, 2.45) is 5.92 Å². The summed E-state index contributed by atoms with van der Waals surface area (Å²) >= 11 is 0. The monoisotopic (exact) mass is 364 g/mol. The molecule has 1 aromatic rings. The van der Waals surface area contributed by atoms with Crippen molar-refractivity contribution >= 4 is 23.5 Å². The minimum Gasteiger partial charge on any atom is -0.504 e. The van der Waals surface area contributed by atoms with Crippen molar-refractivity contribution in [2.45, 2.75) is 26.8 Å². The Hall–Kier alpha value is -3.23. The van der Waals surface area contributed by atoms with Crippen molar-refractivity contribution in [3.63, 3.8) is 0 Å². The van der Waals surface area contributed by atoms with E-state index in [4.69, 9.17) is 5.11 Å². The Morgan fingerprint density at radius 3 is 2.12 bits per heavy atom. The normalized spacial score (nSPS) is 17.5. The molecule has 1 aliphatic rings. The lowest BCUT2D eigenvalue weighted by Crippen LogP contribution is -2.55. The Bertz CT molecular complexity index is 777. The summed E-state index contributed by atoms with van der Waals surface area (Å²) in [5.74, 6) is -4.60. The zero-order valence-corrected chi connectivity index (χ0v) is 14.5. The molecule has 9 heteroatoms. The smallest absolute Gasteiger partial charge is 0.323 e. The van der Waals surface area contributed by atoms with E-state index in [1.165, 1.54) is 18.0 Å². The fourth-order valence-electron chi connectivity index (χ4n) is 2.85. The number of phenolic OH excluding ortho intramolecular Hbond substituents is 3. The number of amides is 2. The molecule has 2 rings (SSSR count). The molecule has 1 aliphatic heterocycles. The lowest BCUT2D eigenvalue weighted by molar-refractivity contribution is -0.148. The second kappa shape index (κ2) is 6.95. The SMILES string of the molecule is CC(=O)N1C=C(c2cc(O)c(O)c(O)c2)N(CC(=O)O)C(=O)[C@@H]1C(C)C. The summed E-state index contributed by atoms with van der Waals surface area (Å²) in [5, 5.41) is 38.1. The molecule has 4 N–H and O–H groups in total. The summed E-state index contributed by atoms with van der Waals surface area (Å²) in [7, 11) is 0. The fourth-order valence-corrected chi connectivity index (χ4v) is 2.85. The Morgan fingerprint density at radius 1 is 1.15 bits per heavy atom. The van der Waals surface area contributed by atoms with Gasteiger partial charge in [0.05, 0.1) is 5.70 Å². The summed E-state index contributed by atoms with van der Waals surface area (Å²) in [6.07, 6.45) is 1.31. The summed E-state index contributed by atoms with van der Waals surface area (Å²) in [6, 6.07) is 1.25. The van der Waals surface area contributed by atoms with Gasteiger partial charge in [-0.05, 0) is 18.1 Å². The minimum absolute atomic E-state index is 0.00935. The van der Waals surface area contributed by atoms with Gasteiger partial charge in [0.1, 0.15) is 12.6 Å². The highest BCUT2D eigenvalue weighted by Crippen LogP contribution is 2.39. The van der Waals surface area contributed by atoms with E-state index in [-0.39, 0.29) is 17.2 Å². The van der Waals surface area contributed by atoms with Crippen LogP contribution in [0.2, 0.25) is 0 Å². The lowest BCUT2D eigenvalue weighted by atomic mass is 9.97. The van der Waals surface area contributed by atoms with Crippen LogP contribution in [0.4, 0.5) is 0 Å². The zero-order chi connectivity index (χ0) is 19.8. The Kier molecular flexibility index (Phi) is 5.10. The molecule has 0 bridgehead atoms. The average molecular weight is 364 g/mol. The highest BCUT2D eigenvalue weighted by atomic mass is 16.4. The van der Waals surface area contributed by atoms with Gasteiger partial charge in [0, 0.05) is 18.7 Å². The lowest BCUT2D eigenvalue weighted by Gasteiger charge is -2.40. The molecule has 0 aliphatic carbocycles. The number of hydrogen-bond donors (Lipinski definition) is 4. The van der Waals surface area contributed by atoms with Gasteiger partial charge in [-0.25, -0.2) is 0 Å². The van der Waals surface area contributed by atoms with Crippen LogP contribution in [0, 0.1) is 5.92 Å². The molecule has 1 aromatic carbocycles. The van der Waals surface area contributed by atoms with Gasteiger partial charge in [0.2, 0.25) is 5.91 Å². The number of carboxylic acid groups (broad SMARTS) is 1. The number of aliphatic carboxylic acids is 1. The Labute approximate surface area is 149 Å². The van der Waals surface area contributed by atoms with Gasteiger partial charge in [0.15, 0.2) is 17.2 Å². The van der Waals surface area contributed by atoms with Crippen LogP contribution in [-0.2, 0) is 14.4 Å². The van der Waals surface area contributed by atoms with Crippen LogP contribution >= 0.6 is 0 Å². The van der Waals surface area contributed by atoms with E-state index >= 15 is 0 Å². The molecule has 0 aromatic heterocycles. The molecule has 140 valence electrons. The van der Waals surface area contributed by atoms with Crippen LogP contribution in [0.15, 0.2) is 18.3 Å². The maximum atomic E-state index is 12.9. The molecular weight excluding hydrogens is 344 g/mol. The maximum absolute atomic E-state index is 12.9. The number of carbonyl (C=O) groups excluding carboxylic acids is 2. The molecular formula is C17H20N2O7. The van der Waals surface area contributed by atoms with Crippen molar-refractivity contribution in [1.82, 2.24) is 9.80 Å². The van der Waals surface area contributed by atoms with Crippen LogP contribution < -0.4 is 0 Å². The molecule has 2 amide bonds. The molecule has 0 fully saturated rings. The van der Waals surface area contributed by atoms with Gasteiger partial charge in [-0.1, -0.05) is 13.8 Å². The third-order valence-electron chi connectivity index (χ3n) is 4.02. The number of nitrogens with zero attached hydrogens (tertiary/aromatic N) is 2. The Morgan fingerprint density at radius 2 is 1.69 bits per heavy atom. The van der Waals surface area contributed by atoms with Crippen molar-refractivity contribution in [3.8, 4) is 17.2 Å². The van der Waals surface area contributed by atoms with E-state index < -0.39 is 47.6 Å². The van der Waals surface area contributed by atoms with E-state index in [9.17, 15) is 29.7 Å². The van der Waals surface area contributed by atoms with E-state index in [0.29, 0.717) is 0 Å². The van der Waals surface area contributed by atoms with Crippen LogP contribution in [0.5, 0.6) is 17.2 Å². The molecule has 0 saturated carbocycles. The first-order valence-corrected chi connectivity index (χ1v) is 7.83. The first-order valence-electron chi connectivity index (χ1n) is 7.83. The quantitative estimate of drug-likeness (QED) is 0.582. The van der Waals surface area contributed by atoms with E-state index in [2.05, 4.69) is 0 Å². The average Bonchev–Trinajstić information content (AvgIpc) is 2.52. The second-order valence-electron chi connectivity index (χ2n) is 6.31. The first kappa shape index (κ1) is 19.1. The molecule has 0 radical (unpaired) electrons. The largest absolute Gasteiger partial charge is 0.504 e. The highest BCUT2D eigenvalue weighted by molar-refractivity contribution is 5.99. The zero-order valence-electron chi connectivity index (χ0n) is 14.5. The van der Waals surface area contributed by atoms with E-state index in [0.717, 1.165) is 17.0 Å². The van der Waals surface area contributed by atoms with Gasteiger partial charge < -0.3 is 25.3 Å². The topological polar surface area (TPSA) is 139 Å². The van der Waals surface area contributed by atoms with Crippen LogP contribution in [-0.4, -0.2) is 60.6 Å². The third-order valence-corrected chi connectivity index (χ3v) is 4.02. The predicted octanol–water partition coefficient (Wildman–Crippen LogP) is 0.902. The van der Waals surface area contributed by atoms with Crippen molar-refractivity contribution in [3.05, 3.63) is 23.9 Å². The van der Waals surface area contributed by atoms with Crippen LogP contribution in [0.3, 0.4) is 0 Å². The molecule has 0 saturated heterocycles. The maximum Gasteiger partial charge on any atom is 0.323 e. The molecule has 0 spiro atoms. The first-order chi connectivity index (χ1) is 12.0. The number of hydrogen-bond acceptors (Lipinski definition) is 6. The third kappa shape index (κ3) is 3.41. The summed E-state index contributed by atoms with van der Waals surface area (Å²) < 4.78 is 0. The summed E-state index contributed by atoms with van der Waals surface area (Å²) in [5.41, 5.74) is 0.0796. The molecule has 1 heterocycles. The number of carbonyl (C=O) groups is 3. The van der Waals surface area contributed by atoms with E-state index in [1.807, 2.05) is 0 Å². The molecule has 9 nitrogen and oxygen atoms in total. The minimum atomic E-state index is -1.27. The molecule has 1 atom stereocenters. The predicted molar refractivity (Wildman–Crippen MR) is 89.9 cm³/mol. The van der Waals surface area contributed by atoms with E-state index in [1.54, 1.807) is 13.8 Å². The van der Waals surface area contributed by atoms with Gasteiger partial charge in [-0.3, -0.25) is 19.3 Å². The van der Waals surface area contributed by atoms with Crippen molar-refractivity contribution < 1.29 is 34.8 Å². The summed E-state index contributed by atoms with van der Waals surface area (Å²) in [6.45, 7) is 4.07. The highest BCUT2D eigenvalue weighted by Gasteiger charge is 2.40. The van der Waals surface area contributed by atoms with Crippen molar-refractivity contribution in [2.75, 3.05) is 6.54 Å². The Balaban J connectivity index is 2.68. The number of rotatable bonds is 4. The molecule has 26 heavy (non-hydrogen) atoms. The number of aromatic hydroxyl groups is 3. The fraction of sp³-hybridized carbons (Fsp3) is 0.353. The van der Waals surface area contributed by atoms with Gasteiger partial charge >= 0.3 is 5.97 Å². The van der Waals surface area contributed by atoms with Gasteiger partial charge in [-0.2, -0.15) is 0 Å². The van der Waals surface area contributed by atoms with Crippen LogP contribution in [0.25, 0.3) is 5.70 Å². The number of phenols is 3. The standard InChI is InChI=1S/C17H20N2O7/c1-8(2)15-17(26)19(7-14(23)24)11(6-18(15)9(3)20)10-4-12(21)16(25)13(22)5-10/h4-6,8,15,21-22,25H,7H2,1-3H3,(H,23,24)/t15-/m0/s1. The second-order valence-corrected chi connectivity index (χ2v) is 6.31. The van der Waals surface area contributed by atoms with Gasteiger partial charge in [-0.15, -0.1) is 0 Å². The summed E-state index contributed by atoms with van der Waals surface area (Å²) in [4.78, 5) is 38.3. The number of carboxylic acids is 1. The van der Waals surface area contributed by atoms with Crippen LogP contribution in [0.1, 0.15) is 26.3 Å². The van der Waals surface area contributed by atoms with Gasteiger partial charge in [0.25, 0.3) is 5.91 Å². The van der Waals surface area contributed by atoms with Crippen molar-refractivity contribution in [1.29, 1.82) is 0 Å².